The SMILES string of the molecule is N#C/C(=C\c1ccccc1OCc1ccc(Cl)cc1Cl)S(=O)(=O)c1ccc(Cl)cc1. The van der Waals surface area contributed by atoms with Gasteiger partial charge in [-0.3, -0.25) is 0 Å². The van der Waals surface area contributed by atoms with Crippen molar-refractivity contribution in [1.82, 2.24) is 0 Å². The fraction of sp³-hybridized carbons (Fsp3) is 0.0455. The van der Waals surface area contributed by atoms with E-state index in [1.165, 1.54) is 30.3 Å². The number of rotatable bonds is 6. The Morgan fingerprint density at radius 1 is 0.967 bits per heavy atom. The number of sulfone groups is 1. The van der Waals surface area contributed by atoms with Crippen molar-refractivity contribution in [2.75, 3.05) is 0 Å². The molecule has 0 aliphatic carbocycles. The van der Waals surface area contributed by atoms with Gasteiger partial charge in [0.15, 0.2) is 0 Å². The van der Waals surface area contributed by atoms with Crippen molar-refractivity contribution < 1.29 is 13.2 Å². The topological polar surface area (TPSA) is 67.2 Å². The second kappa shape index (κ2) is 9.55. The molecule has 0 aromatic heterocycles. The number of ether oxygens (including phenoxy) is 1. The Morgan fingerprint density at radius 2 is 1.63 bits per heavy atom. The van der Waals surface area contributed by atoms with E-state index in [0.717, 1.165) is 0 Å². The van der Waals surface area contributed by atoms with Crippen molar-refractivity contribution >= 4 is 50.7 Å². The molecule has 3 rings (SSSR count). The lowest BCUT2D eigenvalue weighted by atomic mass is 10.2. The number of halogens is 3. The fourth-order valence-corrected chi connectivity index (χ4v) is 4.32. The molecule has 8 heteroatoms. The number of hydrogen-bond donors (Lipinski definition) is 0. The van der Waals surface area contributed by atoms with Crippen molar-refractivity contribution in [3.63, 3.8) is 0 Å². The zero-order chi connectivity index (χ0) is 21.7. The lowest BCUT2D eigenvalue weighted by Crippen LogP contribution is -2.04. The molecule has 0 unspecified atom stereocenters. The molecule has 0 saturated heterocycles. The Bertz CT molecular complexity index is 1250. The molecule has 0 bridgehead atoms. The van der Waals surface area contributed by atoms with Crippen molar-refractivity contribution in [2.45, 2.75) is 11.5 Å². The van der Waals surface area contributed by atoms with Crippen LogP contribution in [-0.2, 0) is 16.4 Å². The van der Waals surface area contributed by atoms with Crippen molar-refractivity contribution in [2.24, 2.45) is 0 Å². The summed E-state index contributed by atoms with van der Waals surface area (Å²) in [6.45, 7) is 0.146. The molecule has 0 aliphatic rings. The highest BCUT2D eigenvalue weighted by Gasteiger charge is 2.21. The Labute approximate surface area is 189 Å². The minimum atomic E-state index is -4.01. The molecular weight excluding hydrogens is 465 g/mol. The van der Waals surface area contributed by atoms with Crippen molar-refractivity contribution in [1.29, 1.82) is 5.26 Å². The third kappa shape index (κ3) is 5.16. The summed E-state index contributed by atoms with van der Waals surface area (Å²) in [5.41, 5.74) is 1.16. The highest BCUT2D eigenvalue weighted by atomic mass is 35.5. The van der Waals surface area contributed by atoms with Gasteiger partial charge in [0.25, 0.3) is 0 Å². The van der Waals surface area contributed by atoms with Gasteiger partial charge in [0.1, 0.15) is 23.3 Å². The summed E-state index contributed by atoms with van der Waals surface area (Å²) in [5, 5.41) is 10.9. The number of nitriles is 1. The molecule has 0 aliphatic heterocycles. The molecular formula is C22H14Cl3NO3S. The summed E-state index contributed by atoms with van der Waals surface area (Å²) in [4.78, 5) is -0.434. The summed E-state index contributed by atoms with van der Waals surface area (Å²) >= 11 is 17.9. The van der Waals surface area contributed by atoms with Crippen LogP contribution in [-0.4, -0.2) is 8.42 Å². The molecule has 0 spiro atoms. The summed E-state index contributed by atoms with van der Waals surface area (Å²) < 4.78 is 31.5. The molecule has 0 fully saturated rings. The number of hydrogen-bond acceptors (Lipinski definition) is 4. The molecule has 3 aromatic carbocycles. The first-order chi connectivity index (χ1) is 14.3. The van der Waals surface area contributed by atoms with Crippen LogP contribution in [0.25, 0.3) is 6.08 Å². The van der Waals surface area contributed by atoms with Crippen molar-refractivity contribution in [3.8, 4) is 11.8 Å². The largest absolute Gasteiger partial charge is 0.488 e. The molecule has 152 valence electrons. The minimum absolute atomic E-state index is 0.0222. The molecule has 3 aromatic rings. The normalized spacial score (nSPS) is 11.7. The number of nitrogens with zero attached hydrogens (tertiary/aromatic N) is 1. The fourth-order valence-electron chi connectivity index (χ4n) is 2.58. The van der Waals surface area contributed by atoms with Gasteiger partial charge >= 0.3 is 0 Å². The highest BCUT2D eigenvalue weighted by Crippen LogP contribution is 2.28. The molecule has 4 nitrogen and oxygen atoms in total. The Kier molecular flexibility index (Phi) is 7.06. The van der Waals surface area contributed by atoms with Crippen LogP contribution in [0.4, 0.5) is 0 Å². The second-order valence-corrected chi connectivity index (χ2v) is 9.34. The van der Waals surface area contributed by atoms with E-state index >= 15 is 0 Å². The zero-order valence-corrected chi connectivity index (χ0v) is 18.4. The van der Waals surface area contributed by atoms with Gasteiger partial charge in [0.05, 0.1) is 4.90 Å². The highest BCUT2D eigenvalue weighted by molar-refractivity contribution is 7.95. The summed E-state index contributed by atoms with van der Waals surface area (Å²) in [5.74, 6) is 0.405. The van der Waals surface area contributed by atoms with Gasteiger partial charge in [-0.1, -0.05) is 59.1 Å². The zero-order valence-electron chi connectivity index (χ0n) is 15.3. The Morgan fingerprint density at radius 3 is 2.30 bits per heavy atom. The van der Waals surface area contributed by atoms with Crippen molar-refractivity contribution in [3.05, 3.63) is 97.8 Å². The Hall–Kier alpha value is -2.49. The first kappa shape index (κ1) is 22.2. The monoisotopic (exact) mass is 477 g/mol. The van der Waals surface area contributed by atoms with Crippen LogP contribution in [0.2, 0.25) is 15.1 Å². The predicted molar refractivity (Wildman–Crippen MR) is 119 cm³/mol. The van der Waals surface area contributed by atoms with Gasteiger partial charge in [0, 0.05) is 26.2 Å². The third-order valence-corrected chi connectivity index (χ3v) is 6.65. The van der Waals surface area contributed by atoms with Gasteiger partial charge in [0.2, 0.25) is 9.84 Å². The van der Waals surface area contributed by atoms with Crippen LogP contribution in [0.3, 0.4) is 0 Å². The van der Waals surface area contributed by atoms with E-state index in [1.807, 2.05) is 0 Å². The average Bonchev–Trinajstić information content (AvgIpc) is 2.72. The van der Waals surface area contributed by atoms with Gasteiger partial charge < -0.3 is 4.74 Å². The average molecular weight is 479 g/mol. The minimum Gasteiger partial charge on any atom is -0.488 e. The van der Waals surface area contributed by atoms with Gasteiger partial charge in [-0.05, 0) is 48.5 Å². The number of allylic oxidation sites excluding steroid dienone is 1. The molecule has 0 N–H and O–H groups in total. The van der Waals surface area contributed by atoms with E-state index in [2.05, 4.69) is 0 Å². The van der Waals surface area contributed by atoms with E-state index < -0.39 is 14.7 Å². The maximum absolute atomic E-state index is 12.8. The standard InChI is InChI=1S/C22H14Cl3NO3S/c23-17-7-9-19(10-8-17)30(27,28)20(13-26)11-15-3-1-2-4-22(15)29-14-16-5-6-18(24)12-21(16)25/h1-12H,14H2/b20-11+. The predicted octanol–water partition coefficient (Wildman–Crippen LogP) is 6.56. The quantitative estimate of drug-likeness (QED) is 0.376. The maximum Gasteiger partial charge on any atom is 0.216 e. The first-order valence-corrected chi connectivity index (χ1v) is 11.2. The summed E-state index contributed by atoms with van der Waals surface area (Å²) in [6.07, 6.45) is 1.28. The van der Waals surface area contributed by atoms with E-state index in [4.69, 9.17) is 39.5 Å². The molecule has 0 heterocycles. The van der Waals surface area contributed by atoms with Crippen LogP contribution in [0.5, 0.6) is 5.75 Å². The third-order valence-electron chi connectivity index (χ3n) is 4.13. The van der Waals surface area contributed by atoms with Crippen LogP contribution in [0.15, 0.2) is 76.5 Å². The van der Waals surface area contributed by atoms with Gasteiger partial charge in [-0.15, -0.1) is 0 Å². The van der Waals surface area contributed by atoms with E-state index in [-0.39, 0.29) is 11.5 Å². The van der Waals surface area contributed by atoms with Crippen LogP contribution < -0.4 is 4.74 Å². The molecule has 0 amide bonds. The van der Waals surface area contributed by atoms with Gasteiger partial charge in [-0.25, -0.2) is 8.42 Å². The summed E-state index contributed by atoms with van der Waals surface area (Å²) in [7, 11) is -4.01. The lowest BCUT2D eigenvalue weighted by Gasteiger charge is -2.11. The van der Waals surface area contributed by atoms with Gasteiger partial charge in [-0.2, -0.15) is 5.26 Å². The smallest absolute Gasteiger partial charge is 0.216 e. The van der Waals surface area contributed by atoms with Crippen LogP contribution in [0.1, 0.15) is 11.1 Å². The summed E-state index contributed by atoms with van der Waals surface area (Å²) in [6, 6.07) is 19.2. The van der Waals surface area contributed by atoms with Crippen LogP contribution in [0, 0.1) is 11.3 Å². The van der Waals surface area contributed by atoms with E-state index in [0.29, 0.717) is 31.9 Å². The maximum atomic E-state index is 12.8. The molecule has 0 saturated carbocycles. The second-order valence-electron chi connectivity index (χ2n) is 6.14. The number of para-hydroxylation sites is 1. The lowest BCUT2D eigenvalue weighted by molar-refractivity contribution is 0.305. The molecule has 0 atom stereocenters. The molecule has 0 radical (unpaired) electrons. The number of benzene rings is 3. The Balaban J connectivity index is 1.92. The van der Waals surface area contributed by atoms with E-state index in [1.54, 1.807) is 48.5 Å². The van der Waals surface area contributed by atoms with Crippen LogP contribution >= 0.6 is 34.8 Å². The first-order valence-electron chi connectivity index (χ1n) is 8.59. The van der Waals surface area contributed by atoms with E-state index in [9.17, 15) is 13.7 Å². The molecule has 30 heavy (non-hydrogen) atoms.